The van der Waals surface area contributed by atoms with Crippen molar-refractivity contribution in [3.05, 3.63) is 34.9 Å². The molecular weight excluding hydrogens is 384 g/mol. The van der Waals surface area contributed by atoms with Crippen LogP contribution in [-0.2, 0) is 15.9 Å². The lowest BCUT2D eigenvalue weighted by Gasteiger charge is -2.38. The van der Waals surface area contributed by atoms with Gasteiger partial charge < -0.3 is 9.47 Å². The molecule has 0 aliphatic heterocycles. The smallest absolute Gasteiger partial charge is 0.197 e. The van der Waals surface area contributed by atoms with Gasteiger partial charge in [0.2, 0.25) is 0 Å². The lowest BCUT2D eigenvalue weighted by molar-refractivity contribution is -0.244. The van der Waals surface area contributed by atoms with Crippen molar-refractivity contribution in [2.75, 3.05) is 14.2 Å². The summed E-state index contributed by atoms with van der Waals surface area (Å²) in [5.74, 6) is -6.85. The molecule has 1 atom stereocenters. The van der Waals surface area contributed by atoms with E-state index < -0.39 is 29.1 Å². The summed E-state index contributed by atoms with van der Waals surface area (Å²) in [4.78, 5) is 0. The fourth-order valence-corrected chi connectivity index (χ4v) is 4.09. The molecule has 1 aromatic rings. The van der Waals surface area contributed by atoms with E-state index in [1.807, 2.05) is 6.92 Å². The summed E-state index contributed by atoms with van der Waals surface area (Å²) in [6.45, 7) is 4.18. The van der Waals surface area contributed by atoms with Crippen molar-refractivity contribution in [1.82, 2.24) is 0 Å². The van der Waals surface area contributed by atoms with E-state index in [2.05, 4.69) is 6.92 Å². The molecule has 0 amide bonds. The van der Waals surface area contributed by atoms with Gasteiger partial charge in [0.05, 0.1) is 0 Å². The second kappa shape index (κ2) is 13.2. The number of ether oxygens (including phenoxy) is 2. The Labute approximate surface area is 173 Å². The Morgan fingerprint density at radius 2 is 1.38 bits per heavy atom. The van der Waals surface area contributed by atoms with Gasteiger partial charge in [-0.2, -0.15) is 0 Å². The van der Waals surface area contributed by atoms with Crippen molar-refractivity contribution in [1.29, 1.82) is 0 Å². The monoisotopic (exact) mass is 420 g/mol. The fraction of sp³-hybridized carbons (Fsp3) is 0.739. The van der Waals surface area contributed by atoms with Gasteiger partial charge in [-0.1, -0.05) is 52.4 Å². The SMILES string of the molecule is CCCCCCCCC(CCCc1cc(F)c(F)c(F)c1F)C(CC)(OC)OC. The highest BCUT2D eigenvalue weighted by Crippen LogP contribution is 2.35. The lowest BCUT2D eigenvalue weighted by atomic mass is 9.85. The zero-order valence-corrected chi connectivity index (χ0v) is 18.3. The molecule has 0 heterocycles. The largest absolute Gasteiger partial charge is 0.353 e. The second-order valence-corrected chi connectivity index (χ2v) is 7.68. The molecule has 2 nitrogen and oxygen atoms in total. The molecule has 0 bridgehead atoms. The minimum absolute atomic E-state index is 0.0758. The first-order chi connectivity index (χ1) is 13.9. The van der Waals surface area contributed by atoms with E-state index in [-0.39, 0.29) is 17.9 Å². The van der Waals surface area contributed by atoms with Crippen LogP contribution in [0.2, 0.25) is 0 Å². The van der Waals surface area contributed by atoms with Crippen molar-refractivity contribution in [2.45, 2.75) is 90.3 Å². The lowest BCUT2D eigenvalue weighted by Crippen LogP contribution is -2.41. The highest BCUT2D eigenvalue weighted by atomic mass is 19.2. The maximum atomic E-state index is 13.9. The molecule has 0 radical (unpaired) electrons. The number of unbranched alkanes of at least 4 members (excludes halogenated alkanes) is 5. The van der Waals surface area contributed by atoms with Gasteiger partial charge >= 0.3 is 0 Å². The number of aryl methyl sites for hydroxylation is 1. The molecule has 6 heteroatoms. The molecule has 0 fully saturated rings. The molecule has 1 aromatic carbocycles. The zero-order chi connectivity index (χ0) is 21.9. The van der Waals surface area contributed by atoms with Crippen LogP contribution in [0.1, 0.15) is 83.6 Å². The van der Waals surface area contributed by atoms with Crippen LogP contribution < -0.4 is 0 Å². The molecule has 0 aliphatic carbocycles. The van der Waals surface area contributed by atoms with Crippen LogP contribution >= 0.6 is 0 Å². The summed E-state index contributed by atoms with van der Waals surface area (Å²) < 4.78 is 65.4. The first kappa shape index (κ1) is 25.9. The van der Waals surface area contributed by atoms with Crippen LogP contribution in [0.5, 0.6) is 0 Å². The second-order valence-electron chi connectivity index (χ2n) is 7.68. The van der Waals surface area contributed by atoms with E-state index in [1.54, 1.807) is 14.2 Å². The Hall–Kier alpha value is -1.14. The summed E-state index contributed by atoms with van der Waals surface area (Å²) >= 11 is 0. The fourth-order valence-electron chi connectivity index (χ4n) is 4.09. The van der Waals surface area contributed by atoms with Crippen molar-refractivity contribution in [3.8, 4) is 0 Å². The number of halogens is 4. The van der Waals surface area contributed by atoms with Gasteiger partial charge in [0.15, 0.2) is 29.1 Å². The van der Waals surface area contributed by atoms with Crippen molar-refractivity contribution in [3.63, 3.8) is 0 Å². The van der Waals surface area contributed by atoms with Crippen LogP contribution in [0.25, 0.3) is 0 Å². The quantitative estimate of drug-likeness (QED) is 0.0972. The van der Waals surface area contributed by atoms with E-state index in [9.17, 15) is 17.6 Å². The highest BCUT2D eigenvalue weighted by molar-refractivity contribution is 5.21. The minimum atomic E-state index is -1.77. The Kier molecular flexibility index (Phi) is 11.8. The Morgan fingerprint density at radius 3 is 1.97 bits per heavy atom. The van der Waals surface area contributed by atoms with E-state index >= 15 is 0 Å². The standard InChI is InChI=1S/C23H36F4O2/c1-5-7-8-9-10-11-14-18(23(6-2,28-3)29-4)15-12-13-17-16-19(24)21(26)22(27)20(17)25/h16,18H,5-15H2,1-4H3. The van der Waals surface area contributed by atoms with E-state index in [1.165, 1.54) is 25.7 Å². The molecule has 0 aliphatic rings. The van der Waals surface area contributed by atoms with Crippen LogP contribution in [0, 0.1) is 29.2 Å². The Morgan fingerprint density at radius 1 is 0.793 bits per heavy atom. The maximum Gasteiger partial charge on any atom is 0.197 e. The van der Waals surface area contributed by atoms with Crippen molar-refractivity contribution < 1.29 is 27.0 Å². The van der Waals surface area contributed by atoms with Crippen LogP contribution in [0.3, 0.4) is 0 Å². The molecule has 1 unspecified atom stereocenters. The number of benzene rings is 1. The maximum absolute atomic E-state index is 13.9. The summed E-state index contributed by atoms with van der Waals surface area (Å²) in [6, 6.07) is 0.746. The molecule has 0 saturated carbocycles. The summed E-state index contributed by atoms with van der Waals surface area (Å²) in [5, 5.41) is 0. The van der Waals surface area contributed by atoms with Crippen LogP contribution in [-0.4, -0.2) is 20.0 Å². The third-order valence-corrected chi connectivity index (χ3v) is 5.89. The topological polar surface area (TPSA) is 18.5 Å². The van der Waals surface area contributed by atoms with Gasteiger partial charge in [-0.15, -0.1) is 0 Å². The number of rotatable bonds is 15. The van der Waals surface area contributed by atoms with Gasteiger partial charge in [-0.05, 0) is 43.7 Å². The molecular formula is C23H36F4O2. The van der Waals surface area contributed by atoms with Crippen molar-refractivity contribution >= 4 is 0 Å². The molecule has 0 aromatic heterocycles. The van der Waals surface area contributed by atoms with Gasteiger partial charge in [0.25, 0.3) is 0 Å². The number of hydrogen-bond donors (Lipinski definition) is 0. The number of hydrogen-bond acceptors (Lipinski definition) is 2. The molecule has 168 valence electrons. The molecule has 1 rings (SSSR count). The summed E-state index contributed by atoms with van der Waals surface area (Å²) in [5.41, 5.74) is -0.142. The Bertz CT molecular complexity index is 595. The first-order valence-electron chi connectivity index (χ1n) is 10.8. The van der Waals surface area contributed by atoms with Crippen LogP contribution in [0.4, 0.5) is 17.6 Å². The van der Waals surface area contributed by atoms with E-state index in [4.69, 9.17) is 9.47 Å². The molecule has 29 heavy (non-hydrogen) atoms. The Balaban J connectivity index is 2.74. The third-order valence-electron chi connectivity index (χ3n) is 5.89. The minimum Gasteiger partial charge on any atom is -0.353 e. The van der Waals surface area contributed by atoms with Gasteiger partial charge in [-0.25, -0.2) is 17.6 Å². The van der Waals surface area contributed by atoms with Gasteiger partial charge in [0, 0.05) is 20.1 Å². The summed E-state index contributed by atoms with van der Waals surface area (Å²) in [6.07, 6.45) is 9.88. The highest BCUT2D eigenvalue weighted by Gasteiger charge is 2.36. The van der Waals surface area contributed by atoms with Crippen LogP contribution in [0.15, 0.2) is 6.07 Å². The normalized spacial score (nSPS) is 13.1. The average molecular weight is 421 g/mol. The first-order valence-corrected chi connectivity index (χ1v) is 10.8. The van der Waals surface area contributed by atoms with Gasteiger partial charge in [0.1, 0.15) is 0 Å². The van der Waals surface area contributed by atoms with E-state index in [0.29, 0.717) is 19.3 Å². The molecule has 0 saturated heterocycles. The predicted molar refractivity (Wildman–Crippen MR) is 108 cm³/mol. The van der Waals surface area contributed by atoms with Gasteiger partial charge in [-0.3, -0.25) is 0 Å². The van der Waals surface area contributed by atoms with E-state index in [0.717, 1.165) is 25.3 Å². The molecule has 0 spiro atoms. The average Bonchev–Trinajstić information content (AvgIpc) is 2.73. The molecule has 0 N–H and O–H groups in total. The summed E-state index contributed by atoms with van der Waals surface area (Å²) in [7, 11) is 3.23. The zero-order valence-electron chi connectivity index (χ0n) is 18.3. The van der Waals surface area contributed by atoms with Crippen molar-refractivity contribution in [2.24, 2.45) is 5.92 Å². The predicted octanol–water partition coefficient (Wildman–Crippen LogP) is 7.33. The number of methoxy groups -OCH3 is 2. The third kappa shape index (κ3) is 7.25.